The maximum Gasteiger partial charge on any atom is 0.172 e. The van der Waals surface area contributed by atoms with E-state index in [1.165, 1.54) is 6.20 Å². The second kappa shape index (κ2) is 9.63. The van der Waals surface area contributed by atoms with Gasteiger partial charge in [0.05, 0.1) is 54.1 Å². The van der Waals surface area contributed by atoms with Crippen LogP contribution in [0.25, 0.3) is 28.0 Å². The van der Waals surface area contributed by atoms with E-state index >= 15 is 0 Å². The van der Waals surface area contributed by atoms with Gasteiger partial charge in [-0.3, -0.25) is 9.97 Å². The van der Waals surface area contributed by atoms with Gasteiger partial charge in [-0.1, -0.05) is 6.07 Å². The lowest BCUT2D eigenvalue weighted by atomic mass is 10.1. The zero-order chi connectivity index (χ0) is 21.6. The molecule has 0 saturated carbocycles. The van der Waals surface area contributed by atoms with Crippen molar-refractivity contribution in [3.63, 3.8) is 0 Å². The summed E-state index contributed by atoms with van der Waals surface area (Å²) < 4.78 is 7.62. The molecular formula is C23H26N6O2. The van der Waals surface area contributed by atoms with E-state index in [0.29, 0.717) is 24.7 Å². The van der Waals surface area contributed by atoms with Crippen LogP contribution < -0.4 is 10.5 Å². The van der Waals surface area contributed by atoms with Gasteiger partial charge < -0.3 is 15.6 Å². The van der Waals surface area contributed by atoms with Crippen LogP contribution in [0.1, 0.15) is 31.2 Å². The van der Waals surface area contributed by atoms with Crippen molar-refractivity contribution < 1.29 is 9.84 Å². The number of aliphatic hydroxyl groups is 1. The van der Waals surface area contributed by atoms with Crippen LogP contribution in [-0.2, 0) is 13.0 Å². The number of hydrogen-bond donors (Lipinski definition) is 2. The zero-order valence-electron chi connectivity index (χ0n) is 17.5. The van der Waals surface area contributed by atoms with E-state index in [1.807, 2.05) is 37.3 Å². The summed E-state index contributed by atoms with van der Waals surface area (Å²) in [5.74, 6) is 1.27. The molecule has 0 spiro atoms. The summed E-state index contributed by atoms with van der Waals surface area (Å²) in [6, 6.07) is 10.1. The third-order valence-electron chi connectivity index (χ3n) is 4.99. The Morgan fingerprint density at radius 2 is 1.97 bits per heavy atom. The molecule has 0 aliphatic heterocycles. The molecule has 4 rings (SSSR count). The first kappa shape index (κ1) is 20.9. The largest absolute Gasteiger partial charge is 0.493 e. The third kappa shape index (κ3) is 4.55. The Kier molecular flexibility index (Phi) is 6.49. The molecule has 0 amide bonds. The van der Waals surface area contributed by atoms with Gasteiger partial charge in [0.2, 0.25) is 0 Å². The van der Waals surface area contributed by atoms with Crippen LogP contribution in [0.4, 0.5) is 0 Å². The quantitative estimate of drug-likeness (QED) is 0.402. The minimum absolute atomic E-state index is 0.184. The van der Waals surface area contributed by atoms with Crippen molar-refractivity contribution in [2.45, 2.75) is 32.8 Å². The van der Waals surface area contributed by atoms with E-state index in [9.17, 15) is 5.11 Å². The number of aromatic nitrogens is 5. The van der Waals surface area contributed by atoms with Gasteiger partial charge in [-0.15, -0.1) is 0 Å². The van der Waals surface area contributed by atoms with Gasteiger partial charge >= 0.3 is 0 Å². The molecule has 160 valence electrons. The summed E-state index contributed by atoms with van der Waals surface area (Å²) in [5.41, 5.74) is 9.78. The number of aliphatic hydroxyl groups excluding tert-OH is 1. The highest BCUT2D eigenvalue weighted by Crippen LogP contribution is 2.33. The topological polar surface area (TPSA) is 112 Å². The number of aryl methyl sites for hydroxylation is 1. The normalized spacial score (nSPS) is 11.2. The summed E-state index contributed by atoms with van der Waals surface area (Å²) in [5, 5.41) is 14.8. The van der Waals surface area contributed by atoms with Crippen LogP contribution in [0.2, 0.25) is 0 Å². The van der Waals surface area contributed by atoms with Gasteiger partial charge in [0.15, 0.2) is 5.82 Å². The van der Waals surface area contributed by atoms with E-state index in [-0.39, 0.29) is 6.61 Å². The summed E-state index contributed by atoms with van der Waals surface area (Å²) in [6.45, 7) is 3.00. The average molecular weight is 419 g/mol. The number of benzene rings is 1. The molecule has 3 heterocycles. The molecule has 8 nitrogen and oxygen atoms in total. The molecule has 0 radical (unpaired) electrons. The Labute approximate surface area is 180 Å². The smallest absolute Gasteiger partial charge is 0.172 e. The summed E-state index contributed by atoms with van der Waals surface area (Å²) in [4.78, 5) is 13.5. The van der Waals surface area contributed by atoms with Gasteiger partial charge in [-0.2, -0.15) is 5.10 Å². The lowest BCUT2D eigenvalue weighted by Gasteiger charge is -2.11. The zero-order valence-corrected chi connectivity index (χ0v) is 17.5. The highest BCUT2D eigenvalue weighted by molar-refractivity contribution is 5.90. The molecule has 3 N–H and O–H groups in total. The molecule has 0 fully saturated rings. The SMILES string of the molecule is CCOc1cc(-c2cccc(CCCCN)n2)cc2c1cnn2-c1cncc(CO)n1. The lowest BCUT2D eigenvalue weighted by molar-refractivity contribution is 0.276. The van der Waals surface area contributed by atoms with Crippen molar-refractivity contribution in [3.8, 4) is 22.8 Å². The van der Waals surface area contributed by atoms with Crippen LogP contribution in [0.3, 0.4) is 0 Å². The Bertz CT molecular complexity index is 1170. The first-order valence-corrected chi connectivity index (χ1v) is 10.5. The Balaban J connectivity index is 1.80. The van der Waals surface area contributed by atoms with Gasteiger partial charge in [-0.25, -0.2) is 9.67 Å². The van der Waals surface area contributed by atoms with Crippen LogP contribution in [0.15, 0.2) is 48.9 Å². The van der Waals surface area contributed by atoms with E-state index in [2.05, 4.69) is 15.1 Å². The van der Waals surface area contributed by atoms with E-state index in [1.54, 1.807) is 17.1 Å². The Morgan fingerprint density at radius 1 is 1.06 bits per heavy atom. The van der Waals surface area contributed by atoms with Crippen molar-refractivity contribution in [2.75, 3.05) is 13.2 Å². The summed E-state index contributed by atoms with van der Waals surface area (Å²) >= 11 is 0. The van der Waals surface area contributed by atoms with Crippen molar-refractivity contribution in [3.05, 3.63) is 60.3 Å². The number of nitrogens with two attached hydrogens (primary N) is 1. The molecule has 0 aliphatic carbocycles. The van der Waals surface area contributed by atoms with E-state index in [0.717, 1.165) is 52.9 Å². The number of rotatable bonds is 9. The minimum atomic E-state index is -0.184. The van der Waals surface area contributed by atoms with Gasteiger partial charge in [0, 0.05) is 11.3 Å². The van der Waals surface area contributed by atoms with Gasteiger partial charge in [0.1, 0.15) is 5.75 Å². The molecule has 0 atom stereocenters. The van der Waals surface area contributed by atoms with Crippen molar-refractivity contribution in [1.29, 1.82) is 0 Å². The molecule has 0 saturated heterocycles. The van der Waals surface area contributed by atoms with Gasteiger partial charge in [-0.05, 0) is 57.0 Å². The van der Waals surface area contributed by atoms with Gasteiger partial charge in [0.25, 0.3) is 0 Å². The second-order valence-electron chi connectivity index (χ2n) is 7.18. The standard InChI is InChI=1S/C23H26N6O2/c1-2-31-22-11-16(20-8-5-7-17(27-20)6-3-4-9-24)10-21-19(22)13-26-29(21)23-14-25-12-18(15-30)28-23/h5,7-8,10-14,30H,2-4,6,9,15,24H2,1H3. The number of nitrogens with zero attached hydrogens (tertiary/aromatic N) is 5. The van der Waals surface area contributed by atoms with Crippen LogP contribution >= 0.6 is 0 Å². The molecule has 0 aliphatic rings. The first-order valence-electron chi connectivity index (χ1n) is 10.5. The molecule has 4 aromatic rings. The Hall–Kier alpha value is -3.36. The third-order valence-corrected chi connectivity index (χ3v) is 4.99. The van der Waals surface area contributed by atoms with Crippen LogP contribution in [0.5, 0.6) is 5.75 Å². The maximum atomic E-state index is 9.42. The summed E-state index contributed by atoms with van der Waals surface area (Å²) in [7, 11) is 0. The molecule has 8 heteroatoms. The summed E-state index contributed by atoms with van der Waals surface area (Å²) in [6.07, 6.45) is 7.81. The molecule has 0 bridgehead atoms. The monoisotopic (exact) mass is 418 g/mol. The van der Waals surface area contributed by atoms with E-state index in [4.69, 9.17) is 15.5 Å². The molecule has 31 heavy (non-hydrogen) atoms. The minimum Gasteiger partial charge on any atom is -0.493 e. The second-order valence-corrected chi connectivity index (χ2v) is 7.18. The molecule has 3 aromatic heterocycles. The van der Waals surface area contributed by atoms with Crippen molar-refractivity contribution >= 4 is 10.9 Å². The average Bonchev–Trinajstić information content (AvgIpc) is 3.24. The fraction of sp³-hybridized carbons (Fsp3) is 0.304. The highest BCUT2D eigenvalue weighted by Gasteiger charge is 2.15. The van der Waals surface area contributed by atoms with Crippen LogP contribution in [-0.4, -0.2) is 43.0 Å². The Morgan fingerprint density at radius 3 is 2.77 bits per heavy atom. The number of pyridine rings is 1. The van der Waals surface area contributed by atoms with Crippen molar-refractivity contribution in [2.24, 2.45) is 5.73 Å². The first-order chi connectivity index (χ1) is 15.2. The van der Waals surface area contributed by atoms with Crippen molar-refractivity contribution in [1.82, 2.24) is 24.7 Å². The fourth-order valence-corrected chi connectivity index (χ4v) is 3.50. The maximum absolute atomic E-state index is 9.42. The van der Waals surface area contributed by atoms with E-state index < -0.39 is 0 Å². The number of fused-ring (bicyclic) bond motifs is 1. The predicted molar refractivity (Wildman–Crippen MR) is 119 cm³/mol. The molecule has 1 aromatic carbocycles. The number of ether oxygens (including phenoxy) is 1. The molecular weight excluding hydrogens is 392 g/mol. The number of hydrogen-bond acceptors (Lipinski definition) is 7. The highest BCUT2D eigenvalue weighted by atomic mass is 16.5. The number of unbranched alkanes of at least 4 members (excludes halogenated alkanes) is 1. The lowest BCUT2D eigenvalue weighted by Crippen LogP contribution is -2.03. The van der Waals surface area contributed by atoms with Crippen LogP contribution in [0, 0.1) is 0 Å². The molecule has 0 unspecified atom stereocenters. The predicted octanol–water partition coefficient (Wildman–Crippen LogP) is 3.05. The fourth-order valence-electron chi connectivity index (χ4n) is 3.50.